The topological polar surface area (TPSA) is 170 Å². The zero-order valence-electron chi connectivity index (χ0n) is 38.7. The van der Waals surface area contributed by atoms with Crippen LogP contribution in [0.15, 0.2) is 35.5 Å². The van der Waals surface area contributed by atoms with Crippen molar-refractivity contribution in [1.82, 2.24) is 0 Å². The number of allylic oxidation sites excluding steroid dienone is 2. The van der Waals surface area contributed by atoms with Crippen LogP contribution in [0.1, 0.15) is 113 Å². The third-order valence-electron chi connectivity index (χ3n) is 15.3. The van der Waals surface area contributed by atoms with Crippen LogP contribution in [0.3, 0.4) is 0 Å². The second kappa shape index (κ2) is 20.0. The summed E-state index contributed by atoms with van der Waals surface area (Å²) in [5.74, 6) is -2.11. The van der Waals surface area contributed by atoms with Gasteiger partial charge in [-0.3, -0.25) is 4.79 Å². The van der Waals surface area contributed by atoms with Crippen LogP contribution < -0.4 is 0 Å². The largest absolute Gasteiger partial charge is 0.462 e. The van der Waals surface area contributed by atoms with Gasteiger partial charge in [0.05, 0.1) is 61.4 Å². The van der Waals surface area contributed by atoms with E-state index in [-0.39, 0.29) is 43.2 Å². The molecule has 0 aromatic rings. The van der Waals surface area contributed by atoms with Gasteiger partial charge in [0, 0.05) is 52.2 Å². The summed E-state index contributed by atoms with van der Waals surface area (Å²) in [6.45, 7) is 16.5. The van der Waals surface area contributed by atoms with Crippen molar-refractivity contribution in [2.24, 2.45) is 29.6 Å². The maximum Gasteiger partial charge on any atom is 0.312 e. The number of rotatable bonds is 8. The average molecular weight is 877 g/mol. The summed E-state index contributed by atoms with van der Waals surface area (Å²) >= 11 is 0. The molecule has 3 N–H and O–H groups in total. The summed E-state index contributed by atoms with van der Waals surface area (Å²) in [7, 11) is 3.23. The van der Waals surface area contributed by atoms with E-state index in [9.17, 15) is 20.1 Å². The first kappa shape index (κ1) is 48.2. The summed E-state index contributed by atoms with van der Waals surface area (Å²) in [4.78, 5) is 14.4. The molecular formula is C48H76O14. The molecule has 7 aliphatic rings. The lowest BCUT2D eigenvalue weighted by Crippen LogP contribution is -2.61. The Kier molecular flexibility index (Phi) is 15.5. The summed E-state index contributed by atoms with van der Waals surface area (Å²) in [6.07, 6.45) is 5.62. The number of methoxy groups -OCH3 is 2. The number of carbonyl (C=O) groups excluding carboxylic acids is 1. The average Bonchev–Trinajstić information content (AvgIpc) is 3.58. The van der Waals surface area contributed by atoms with Crippen LogP contribution in [0.25, 0.3) is 0 Å². The van der Waals surface area contributed by atoms with E-state index in [2.05, 4.69) is 40.7 Å². The number of hydrogen-bond donors (Lipinski definition) is 3. The van der Waals surface area contributed by atoms with Gasteiger partial charge >= 0.3 is 5.97 Å². The van der Waals surface area contributed by atoms with E-state index in [4.69, 9.17) is 47.4 Å². The van der Waals surface area contributed by atoms with E-state index < -0.39 is 90.8 Å². The fourth-order valence-electron chi connectivity index (χ4n) is 11.3. The van der Waals surface area contributed by atoms with Crippen LogP contribution in [0, 0.1) is 29.6 Å². The van der Waals surface area contributed by atoms with E-state index in [1.54, 1.807) is 21.1 Å². The van der Waals surface area contributed by atoms with Gasteiger partial charge in [0.15, 0.2) is 18.4 Å². The number of carbonyl (C=O) groups is 1. The first-order chi connectivity index (χ1) is 29.5. The normalized spacial score (nSPS) is 48.5. The van der Waals surface area contributed by atoms with E-state index in [0.717, 1.165) is 18.4 Å². The molecule has 21 atom stereocenters. The van der Waals surface area contributed by atoms with Gasteiger partial charge in [-0.05, 0) is 68.9 Å². The van der Waals surface area contributed by atoms with Crippen molar-refractivity contribution in [3.8, 4) is 0 Å². The number of fused-ring (bicyclic) bond motifs is 2. The predicted octanol–water partition coefficient (Wildman–Crippen LogP) is 5.68. The second-order valence-corrected chi connectivity index (χ2v) is 19.8. The molecule has 1 aliphatic carbocycles. The van der Waals surface area contributed by atoms with Crippen molar-refractivity contribution < 1.29 is 67.5 Å². The number of esters is 1. The Balaban J connectivity index is 1.17. The highest BCUT2D eigenvalue weighted by Gasteiger charge is 2.62. The highest BCUT2D eigenvalue weighted by Crippen LogP contribution is 2.50. The predicted molar refractivity (Wildman–Crippen MR) is 227 cm³/mol. The molecule has 0 radical (unpaired) electrons. The summed E-state index contributed by atoms with van der Waals surface area (Å²) < 4.78 is 64.1. The molecule has 1 saturated carbocycles. The minimum Gasteiger partial charge on any atom is -0.462 e. The Morgan fingerprint density at radius 2 is 1.60 bits per heavy atom. The van der Waals surface area contributed by atoms with Gasteiger partial charge in [-0.2, -0.15) is 0 Å². The zero-order valence-corrected chi connectivity index (χ0v) is 38.7. The summed E-state index contributed by atoms with van der Waals surface area (Å²) in [6, 6.07) is 0. The molecule has 0 aromatic heterocycles. The Morgan fingerprint density at radius 1 is 0.887 bits per heavy atom. The van der Waals surface area contributed by atoms with Gasteiger partial charge in [-0.25, -0.2) is 0 Å². The number of aliphatic hydroxyl groups excluding tert-OH is 2. The summed E-state index contributed by atoms with van der Waals surface area (Å²) in [5, 5.41) is 34.4. The molecule has 62 heavy (non-hydrogen) atoms. The monoisotopic (exact) mass is 877 g/mol. The molecule has 0 aromatic carbocycles. The van der Waals surface area contributed by atoms with Gasteiger partial charge in [0.25, 0.3) is 0 Å². The highest BCUT2D eigenvalue weighted by molar-refractivity contribution is 5.76. The quantitative estimate of drug-likeness (QED) is 0.201. The molecule has 5 saturated heterocycles. The SMILES string of the molecule is CC[C@H](C)[C@H]1O[C@]2(CC[C@@H]1C)C[C@@H]1C[C@@H](CC=C(C)[C@@H](O[C@H]3C[C@@H](OC)[C@@H](O[C@H]4C[C@@H](OC)[C@@H](O)C(C)O4)C(C)O3)[C@@H](C)C=CC=C3CO[C@@H]4[C@H](O)C(C)C[C@@H](C(=O)O1)[C@]34O)O2. The lowest BCUT2D eigenvalue weighted by atomic mass is 9.66. The Hall–Kier alpha value is -1.79. The second-order valence-electron chi connectivity index (χ2n) is 19.8. The van der Waals surface area contributed by atoms with Crippen LogP contribution in [0.5, 0.6) is 0 Å². The molecule has 6 aliphatic heterocycles. The molecule has 14 heteroatoms. The molecule has 1 spiro atoms. The van der Waals surface area contributed by atoms with Crippen molar-refractivity contribution in [2.45, 2.75) is 210 Å². The minimum atomic E-state index is -1.75. The first-order valence-electron chi connectivity index (χ1n) is 23.5. The Labute approximate surface area is 368 Å². The van der Waals surface area contributed by atoms with Crippen molar-refractivity contribution in [3.05, 3.63) is 35.5 Å². The molecular weight excluding hydrogens is 801 g/mol. The van der Waals surface area contributed by atoms with E-state index in [1.165, 1.54) is 0 Å². The van der Waals surface area contributed by atoms with E-state index in [0.29, 0.717) is 55.9 Å². The molecule has 352 valence electrons. The molecule has 2 bridgehead atoms. The molecule has 6 heterocycles. The molecule has 6 fully saturated rings. The smallest absolute Gasteiger partial charge is 0.312 e. The number of aliphatic hydroxyl groups is 3. The molecule has 14 nitrogen and oxygen atoms in total. The van der Waals surface area contributed by atoms with E-state index in [1.807, 2.05) is 32.1 Å². The third-order valence-corrected chi connectivity index (χ3v) is 15.3. The standard InChI is InChI=1S/C48H76O14/c1-11-25(2)43-28(5)17-18-47(62-43)23-34-20-33(61-47)16-15-27(4)42(26(3)13-12-14-32-24-55-45-40(49)29(6)19-35(46(51)58-34)48(32,45)52)59-39-22-37(54-10)44(31(8)57-39)60-38-21-36(53-9)41(50)30(7)56-38/h12-15,25-26,28-31,33-45,49-50,52H,11,16-24H2,1-10H3/t25-,26-,28-,29?,30?,31?,33+,34-,35-,36+,37+,38-,39-,40+,41-,42-,43+,44-,45+,47+,48+/m0/s1. The van der Waals surface area contributed by atoms with Gasteiger partial charge in [-0.15, -0.1) is 0 Å². The maximum absolute atomic E-state index is 14.4. The van der Waals surface area contributed by atoms with Crippen molar-refractivity contribution in [2.75, 3.05) is 20.8 Å². The lowest BCUT2D eigenvalue weighted by molar-refractivity contribution is -0.341. The van der Waals surface area contributed by atoms with Gasteiger partial charge < -0.3 is 62.7 Å². The van der Waals surface area contributed by atoms with Gasteiger partial charge in [-0.1, -0.05) is 65.3 Å². The highest BCUT2D eigenvalue weighted by atomic mass is 16.7. The molecule has 0 amide bonds. The van der Waals surface area contributed by atoms with Crippen LogP contribution in [-0.4, -0.2) is 139 Å². The molecule has 3 unspecified atom stereocenters. The van der Waals surface area contributed by atoms with Gasteiger partial charge in [0.2, 0.25) is 0 Å². The first-order valence-corrected chi connectivity index (χ1v) is 23.5. The van der Waals surface area contributed by atoms with Crippen molar-refractivity contribution in [1.29, 1.82) is 0 Å². The van der Waals surface area contributed by atoms with E-state index >= 15 is 0 Å². The van der Waals surface area contributed by atoms with Crippen LogP contribution >= 0.6 is 0 Å². The fourth-order valence-corrected chi connectivity index (χ4v) is 11.3. The zero-order chi connectivity index (χ0) is 44.7. The fraction of sp³-hybridized carbons (Fsp3) is 0.854. The van der Waals surface area contributed by atoms with Crippen molar-refractivity contribution in [3.63, 3.8) is 0 Å². The van der Waals surface area contributed by atoms with Crippen molar-refractivity contribution >= 4 is 5.97 Å². The van der Waals surface area contributed by atoms with Crippen LogP contribution in [0.2, 0.25) is 0 Å². The van der Waals surface area contributed by atoms with Crippen LogP contribution in [0.4, 0.5) is 0 Å². The summed E-state index contributed by atoms with van der Waals surface area (Å²) in [5.41, 5.74) is -0.233. The molecule has 7 rings (SSSR count). The lowest BCUT2D eigenvalue weighted by Gasteiger charge is -2.51. The number of hydrogen-bond acceptors (Lipinski definition) is 14. The maximum atomic E-state index is 14.4. The Bertz CT molecular complexity index is 1610. The minimum absolute atomic E-state index is 0.00243. The van der Waals surface area contributed by atoms with Crippen LogP contribution in [-0.2, 0) is 52.2 Å². The van der Waals surface area contributed by atoms with Gasteiger partial charge in [0.1, 0.15) is 30.0 Å². The number of ether oxygens (including phenoxy) is 10. The Morgan fingerprint density at radius 3 is 2.32 bits per heavy atom. The third kappa shape index (κ3) is 9.83.